The number of halogens is 1. The zero-order chi connectivity index (χ0) is 12.1. The summed E-state index contributed by atoms with van der Waals surface area (Å²) < 4.78 is 13.1. The number of aliphatic hydroxyl groups excluding tert-OH is 1. The van der Waals surface area contributed by atoms with E-state index < -0.39 is 0 Å². The van der Waals surface area contributed by atoms with E-state index in [1.54, 1.807) is 6.07 Å². The Morgan fingerprint density at radius 3 is 2.94 bits per heavy atom. The fourth-order valence-electron chi connectivity index (χ4n) is 2.29. The molecule has 0 aliphatic heterocycles. The van der Waals surface area contributed by atoms with Crippen molar-refractivity contribution in [3.63, 3.8) is 0 Å². The Morgan fingerprint density at radius 2 is 2.29 bits per heavy atom. The van der Waals surface area contributed by atoms with Crippen LogP contribution in [-0.4, -0.2) is 17.8 Å². The summed E-state index contributed by atoms with van der Waals surface area (Å²) in [5, 5.41) is 12.6. The highest BCUT2D eigenvalue weighted by Gasteiger charge is 2.20. The van der Waals surface area contributed by atoms with Gasteiger partial charge in [0, 0.05) is 5.69 Å². The summed E-state index contributed by atoms with van der Waals surface area (Å²) in [6.45, 7) is 0.0784. The largest absolute Gasteiger partial charge is 0.394 e. The van der Waals surface area contributed by atoms with Gasteiger partial charge in [-0.3, -0.25) is 0 Å². The van der Waals surface area contributed by atoms with Gasteiger partial charge in [0.1, 0.15) is 5.82 Å². The van der Waals surface area contributed by atoms with E-state index in [1.165, 1.54) is 12.1 Å². The van der Waals surface area contributed by atoms with Gasteiger partial charge >= 0.3 is 0 Å². The SMILES string of the molecule is OCC(Nc1cccc(F)c1)C1CC=CCC1. The molecule has 0 heterocycles. The smallest absolute Gasteiger partial charge is 0.125 e. The molecule has 0 amide bonds. The molecule has 0 fully saturated rings. The second-order valence-electron chi connectivity index (χ2n) is 4.49. The van der Waals surface area contributed by atoms with Gasteiger partial charge in [-0.1, -0.05) is 18.2 Å². The van der Waals surface area contributed by atoms with Crippen LogP contribution >= 0.6 is 0 Å². The first-order chi connectivity index (χ1) is 8.29. The van der Waals surface area contributed by atoms with Crippen LogP contribution in [0.4, 0.5) is 10.1 Å². The maximum atomic E-state index is 13.1. The van der Waals surface area contributed by atoms with Crippen molar-refractivity contribution in [2.24, 2.45) is 5.92 Å². The van der Waals surface area contributed by atoms with Crippen molar-refractivity contribution in [3.8, 4) is 0 Å². The Hall–Kier alpha value is -1.35. The molecule has 2 atom stereocenters. The third kappa shape index (κ3) is 3.30. The molecule has 92 valence electrons. The average Bonchev–Trinajstić information content (AvgIpc) is 2.37. The standard InChI is InChI=1S/C14H18FNO/c15-12-7-4-8-13(9-12)16-14(10-17)11-5-2-1-3-6-11/h1-2,4,7-9,11,14,16-17H,3,5-6,10H2. The number of rotatable bonds is 4. The van der Waals surface area contributed by atoms with E-state index in [9.17, 15) is 9.50 Å². The highest BCUT2D eigenvalue weighted by molar-refractivity contribution is 5.44. The molecule has 2 nitrogen and oxygen atoms in total. The van der Waals surface area contributed by atoms with Gasteiger partial charge in [-0.05, 0) is 43.4 Å². The first-order valence-corrected chi connectivity index (χ1v) is 6.07. The van der Waals surface area contributed by atoms with Gasteiger partial charge in [-0.25, -0.2) is 4.39 Å². The molecule has 0 aromatic heterocycles. The van der Waals surface area contributed by atoms with Crippen LogP contribution in [0.2, 0.25) is 0 Å². The molecule has 1 aromatic rings. The van der Waals surface area contributed by atoms with Crippen molar-refractivity contribution in [3.05, 3.63) is 42.2 Å². The van der Waals surface area contributed by atoms with E-state index in [4.69, 9.17) is 0 Å². The molecule has 3 heteroatoms. The number of hydrogen-bond donors (Lipinski definition) is 2. The first kappa shape index (κ1) is 12.1. The molecule has 2 N–H and O–H groups in total. The Labute approximate surface area is 101 Å². The van der Waals surface area contributed by atoms with E-state index in [0.717, 1.165) is 24.9 Å². The lowest BCUT2D eigenvalue weighted by molar-refractivity contribution is 0.230. The molecule has 1 aliphatic carbocycles. The lowest BCUT2D eigenvalue weighted by atomic mass is 9.88. The van der Waals surface area contributed by atoms with Gasteiger partial charge in [0.2, 0.25) is 0 Å². The lowest BCUT2D eigenvalue weighted by Crippen LogP contribution is -2.33. The van der Waals surface area contributed by atoms with Gasteiger partial charge in [0.15, 0.2) is 0 Å². The van der Waals surface area contributed by atoms with Crippen LogP contribution in [0.5, 0.6) is 0 Å². The number of benzene rings is 1. The number of allylic oxidation sites excluding steroid dienone is 2. The van der Waals surface area contributed by atoms with Crippen LogP contribution in [-0.2, 0) is 0 Å². The normalized spacial score (nSPS) is 21.2. The number of nitrogens with one attached hydrogen (secondary N) is 1. The van der Waals surface area contributed by atoms with E-state index in [2.05, 4.69) is 17.5 Å². The predicted octanol–water partition coefficient (Wildman–Crippen LogP) is 2.95. The van der Waals surface area contributed by atoms with E-state index >= 15 is 0 Å². The van der Waals surface area contributed by atoms with Gasteiger partial charge < -0.3 is 10.4 Å². The Morgan fingerprint density at radius 1 is 1.41 bits per heavy atom. The highest BCUT2D eigenvalue weighted by atomic mass is 19.1. The molecule has 0 saturated heterocycles. The quantitative estimate of drug-likeness (QED) is 0.786. The molecule has 0 saturated carbocycles. The van der Waals surface area contributed by atoms with Crippen molar-refractivity contribution in [2.75, 3.05) is 11.9 Å². The van der Waals surface area contributed by atoms with Crippen LogP contribution in [0.15, 0.2) is 36.4 Å². The molecule has 0 radical (unpaired) electrons. The summed E-state index contributed by atoms with van der Waals surface area (Å²) >= 11 is 0. The van der Waals surface area contributed by atoms with Gasteiger partial charge in [-0.15, -0.1) is 0 Å². The molecule has 1 aromatic carbocycles. The van der Waals surface area contributed by atoms with E-state index in [0.29, 0.717) is 5.92 Å². The summed E-state index contributed by atoms with van der Waals surface area (Å²) in [5.41, 5.74) is 0.735. The fourth-order valence-corrected chi connectivity index (χ4v) is 2.29. The van der Waals surface area contributed by atoms with Crippen LogP contribution in [0.25, 0.3) is 0 Å². The number of hydrogen-bond acceptors (Lipinski definition) is 2. The summed E-state index contributed by atoms with van der Waals surface area (Å²) in [6.07, 6.45) is 7.45. The van der Waals surface area contributed by atoms with E-state index in [1.807, 2.05) is 6.07 Å². The van der Waals surface area contributed by atoms with Gasteiger partial charge in [0.05, 0.1) is 12.6 Å². The molecule has 1 aliphatic rings. The van der Waals surface area contributed by atoms with Crippen molar-refractivity contribution in [1.29, 1.82) is 0 Å². The van der Waals surface area contributed by atoms with Crippen LogP contribution in [0.3, 0.4) is 0 Å². The fraction of sp³-hybridized carbons (Fsp3) is 0.429. The molecule has 0 bridgehead atoms. The second kappa shape index (κ2) is 5.82. The Kier molecular flexibility index (Phi) is 4.15. The third-order valence-corrected chi connectivity index (χ3v) is 3.25. The summed E-state index contributed by atoms with van der Waals surface area (Å²) in [4.78, 5) is 0. The molecule has 17 heavy (non-hydrogen) atoms. The maximum Gasteiger partial charge on any atom is 0.125 e. The minimum atomic E-state index is -0.254. The van der Waals surface area contributed by atoms with Crippen LogP contribution in [0, 0.1) is 11.7 Å². The predicted molar refractivity (Wildman–Crippen MR) is 67.4 cm³/mol. The van der Waals surface area contributed by atoms with Gasteiger partial charge in [0.25, 0.3) is 0 Å². The van der Waals surface area contributed by atoms with Crippen LogP contribution < -0.4 is 5.32 Å². The maximum absolute atomic E-state index is 13.1. The van der Waals surface area contributed by atoms with Crippen molar-refractivity contribution < 1.29 is 9.50 Å². The number of anilines is 1. The van der Waals surface area contributed by atoms with Crippen LogP contribution in [0.1, 0.15) is 19.3 Å². The number of aliphatic hydroxyl groups is 1. The average molecular weight is 235 g/mol. The molecule has 2 unspecified atom stereocenters. The molecular formula is C14H18FNO. The monoisotopic (exact) mass is 235 g/mol. The first-order valence-electron chi connectivity index (χ1n) is 6.07. The topological polar surface area (TPSA) is 32.3 Å². The summed E-state index contributed by atoms with van der Waals surface area (Å²) in [7, 11) is 0. The minimum Gasteiger partial charge on any atom is -0.394 e. The van der Waals surface area contributed by atoms with Crippen molar-refractivity contribution >= 4 is 5.69 Å². The Bertz CT molecular complexity index is 392. The zero-order valence-corrected chi connectivity index (χ0v) is 9.77. The summed E-state index contributed by atoms with van der Waals surface area (Å²) in [6, 6.07) is 6.38. The molecule has 2 rings (SSSR count). The van der Waals surface area contributed by atoms with Gasteiger partial charge in [-0.2, -0.15) is 0 Å². The molecular weight excluding hydrogens is 217 g/mol. The second-order valence-corrected chi connectivity index (χ2v) is 4.49. The summed E-state index contributed by atoms with van der Waals surface area (Å²) in [5.74, 6) is 0.170. The lowest BCUT2D eigenvalue weighted by Gasteiger charge is -2.28. The molecule has 0 spiro atoms. The van der Waals surface area contributed by atoms with Crippen molar-refractivity contribution in [2.45, 2.75) is 25.3 Å². The zero-order valence-electron chi connectivity index (χ0n) is 9.77. The highest BCUT2D eigenvalue weighted by Crippen LogP contribution is 2.24. The van der Waals surface area contributed by atoms with Crippen molar-refractivity contribution in [1.82, 2.24) is 0 Å². The Balaban J connectivity index is 2.01. The van der Waals surface area contributed by atoms with E-state index in [-0.39, 0.29) is 18.5 Å². The minimum absolute atomic E-state index is 0.00162. The third-order valence-electron chi connectivity index (χ3n) is 3.25.